The van der Waals surface area contributed by atoms with Crippen molar-refractivity contribution in [3.8, 4) is 0 Å². The fourth-order valence-corrected chi connectivity index (χ4v) is 1.33. The molecule has 14 heavy (non-hydrogen) atoms. The highest BCUT2D eigenvalue weighted by Gasteiger charge is 2.21. The van der Waals surface area contributed by atoms with Crippen LogP contribution in [0.1, 0.15) is 33.1 Å². The number of carbonyl (C=O) groups excluding carboxylic acids is 1. The van der Waals surface area contributed by atoms with E-state index in [1.165, 1.54) is 5.06 Å². The van der Waals surface area contributed by atoms with E-state index in [0.29, 0.717) is 25.5 Å². The molecule has 0 radical (unpaired) electrons. The van der Waals surface area contributed by atoms with Crippen molar-refractivity contribution < 1.29 is 9.63 Å². The standard InChI is InChI=1S/C10H20N2O2/c1-8(2)9(11)7-10(13)12-5-3-4-6-14-12/h8-9H,3-7,11H2,1-2H3. The predicted molar refractivity (Wildman–Crippen MR) is 54.3 cm³/mol. The topological polar surface area (TPSA) is 55.6 Å². The molecule has 0 aromatic carbocycles. The quantitative estimate of drug-likeness (QED) is 0.737. The van der Waals surface area contributed by atoms with Crippen molar-refractivity contribution in [2.24, 2.45) is 11.7 Å². The van der Waals surface area contributed by atoms with Crippen molar-refractivity contribution >= 4 is 5.91 Å². The van der Waals surface area contributed by atoms with Crippen LogP contribution in [0.25, 0.3) is 0 Å². The van der Waals surface area contributed by atoms with Gasteiger partial charge < -0.3 is 5.73 Å². The van der Waals surface area contributed by atoms with Gasteiger partial charge in [-0.3, -0.25) is 9.63 Å². The molecule has 4 nitrogen and oxygen atoms in total. The molecule has 0 saturated carbocycles. The number of hydrogen-bond acceptors (Lipinski definition) is 3. The molecule has 0 bridgehead atoms. The summed E-state index contributed by atoms with van der Waals surface area (Å²) in [5, 5.41) is 1.46. The first-order valence-electron chi connectivity index (χ1n) is 5.30. The monoisotopic (exact) mass is 200 g/mol. The van der Waals surface area contributed by atoms with Gasteiger partial charge in [0.15, 0.2) is 0 Å². The number of nitrogens with two attached hydrogens (primary N) is 1. The van der Waals surface area contributed by atoms with Gasteiger partial charge in [0, 0.05) is 19.0 Å². The molecular weight excluding hydrogens is 180 g/mol. The Labute approximate surface area is 85.3 Å². The van der Waals surface area contributed by atoms with Gasteiger partial charge in [0.25, 0.3) is 0 Å². The Kier molecular flexibility index (Phi) is 4.35. The Morgan fingerprint density at radius 1 is 1.50 bits per heavy atom. The van der Waals surface area contributed by atoms with Crippen molar-refractivity contribution in [1.82, 2.24) is 5.06 Å². The van der Waals surface area contributed by atoms with Gasteiger partial charge in [0.2, 0.25) is 5.91 Å². The van der Waals surface area contributed by atoms with E-state index in [9.17, 15) is 4.79 Å². The van der Waals surface area contributed by atoms with Crippen LogP contribution < -0.4 is 5.73 Å². The van der Waals surface area contributed by atoms with E-state index in [0.717, 1.165) is 12.8 Å². The lowest BCUT2D eigenvalue weighted by atomic mass is 10.0. The molecule has 4 heteroatoms. The molecule has 1 fully saturated rings. The maximum atomic E-state index is 11.6. The van der Waals surface area contributed by atoms with E-state index >= 15 is 0 Å². The first-order chi connectivity index (χ1) is 6.61. The minimum absolute atomic E-state index is 0.0194. The van der Waals surface area contributed by atoms with Gasteiger partial charge in [-0.25, -0.2) is 5.06 Å². The highest BCUT2D eigenvalue weighted by atomic mass is 16.7. The summed E-state index contributed by atoms with van der Waals surface area (Å²) in [4.78, 5) is 16.9. The van der Waals surface area contributed by atoms with Crippen molar-refractivity contribution in [2.75, 3.05) is 13.2 Å². The fourth-order valence-electron chi connectivity index (χ4n) is 1.33. The molecule has 0 aliphatic carbocycles. The average molecular weight is 200 g/mol. The summed E-state index contributed by atoms with van der Waals surface area (Å²) in [5.41, 5.74) is 5.82. The van der Waals surface area contributed by atoms with Crippen molar-refractivity contribution in [2.45, 2.75) is 39.2 Å². The molecule has 0 aromatic heterocycles. The zero-order valence-electron chi connectivity index (χ0n) is 9.03. The van der Waals surface area contributed by atoms with E-state index < -0.39 is 0 Å². The summed E-state index contributed by atoms with van der Waals surface area (Å²) in [6.45, 7) is 5.41. The number of hydrogen-bond donors (Lipinski definition) is 1. The second-order valence-electron chi connectivity index (χ2n) is 4.15. The first kappa shape index (κ1) is 11.5. The molecule has 1 heterocycles. The SMILES string of the molecule is CC(C)C(N)CC(=O)N1CCCCO1. The van der Waals surface area contributed by atoms with Crippen LogP contribution in [0.5, 0.6) is 0 Å². The molecule has 1 unspecified atom stereocenters. The Morgan fingerprint density at radius 3 is 2.71 bits per heavy atom. The zero-order chi connectivity index (χ0) is 10.6. The largest absolute Gasteiger partial charge is 0.327 e. The van der Waals surface area contributed by atoms with E-state index in [2.05, 4.69) is 0 Å². The van der Waals surface area contributed by atoms with Crippen molar-refractivity contribution in [1.29, 1.82) is 0 Å². The first-order valence-corrected chi connectivity index (χ1v) is 5.30. The summed E-state index contributed by atoms with van der Waals surface area (Å²) in [7, 11) is 0. The predicted octanol–water partition coefficient (Wildman–Crippen LogP) is 0.914. The average Bonchev–Trinajstić information content (AvgIpc) is 2.19. The Hall–Kier alpha value is -0.610. The summed E-state index contributed by atoms with van der Waals surface area (Å²) in [6.07, 6.45) is 2.46. The van der Waals surface area contributed by atoms with Gasteiger partial charge >= 0.3 is 0 Å². The lowest BCUT2D eigenvalue weighted by Gasteiger charge is -2.27. The minimum atomic E-state index is -0.0620. The van der Waals surface area contributed by atoms with Crippen LogP contribution in [0.4, 0.5) is 0 Å². The number of carbonyl (C=O) groups is 1. The van der Waals surface area contributed by atoms with Crippen LogP contribution in [0, 0.1) is 5.92 Å². The number of amides is 1. The van der Waals surface area contributed by atoms with Crippen molar-refractivity contribution in [3.05, 3.63) is 0 Å². The lowest BCUT2D eigenvalue weighted by molar-refractivity contribution is -0.197. The fraction of sp³-hybridized carbons (Fsp3) is 0.900. The second-order valence-corrected chi connectivity index (χ2v) is 4.15. The molecule has 1 rings (SSSR count). The van der Waals surface area contributed by atoms with E-state index in [-0.39, 0.29) is 11.9 Å². The van der Waals surface area contributed by atoms with Gasteiger partial charge in [0.05, 0.1) is 6.61 Å². The molecular formula is C10H20N2O2. The third kappa shape index (κ3) is 3.27. The Bertz CT molecular complexity index is 189. The molecule has 1 atom stereocenters. The summed E-state index contributed by atoms with van der Waals surface area (Å²) in [5.74, 6) is 0.356. The molecule has 82 valence electrons. The smallest absolute Gasteiger partial charge is 0.247 e. The van der Waals surface area contributed by atoms with E-state index in [1.807, 2.05) is 13.8 Å². The van der Waals surface area contributed by atoms with Crippen LogP contribution in [0.15, 0.2) is 0 Å². The van der Waals surface area contributed by atoms with E-state index in [4.69, 9.17) is 10.6 Å². The third-order valence-corrected chi connectivity index (χ3v) is 2.55. The Morgan fingerprint density at radius 2 is 2.21 bits per heavy atom. The molecule has 0 aromatic rings. The van der Waals surface area contributed by atoms with Crippen LogP contribution in [0.2, 0.25) is 0 Å². The number of nitrogens with zero attached hydrogens (tertiary/aromatic N) is 1. The highest BCUT2D eigenvalue weighted by Crippen LogP contribution is 2.10. The van der Waals surface area contributed by atoms with Crippen LogP contribution in [-0.4, -0.2) is 30.2 Å². The van der Waals surface area contributed by atoms with Gasteiger partial charge in [-0.15, -0.1) is 0 Å². The summed E-state index contributed by atoms with van der Waals surface area (Å²) in [6, 6.07) is -0.0620. The molecule has 2 N–H and O–H groups in total. The maximum absolute atomic E-state index is 11.6. The van der Waals surface area contributed by atoms with Crippen LogP contribution >= 0.6 is 0 Å². The van der Waals surface area contributed by atoms with Gasteiger partial charge in [0.1, 0.15) is 0 Å². The second kappa shape index (κ2) is 5.32. The van der Waals surface area contributed by atoms with Crippen LogP contribution in [0.3, 0.4) is 0 Å². The number of rotatable bonds is 3. The normalized spacial score (nSPS) is 19.9. The zero-order valence-corrected chi connectivity index (χ0v) is 9.03. The molecule has 0 spiro atoms. The van der Waals surface area contributed by atoms with E-state index in [1.54, 1.807) is 0 Å². The minimum Gasteiger partial charge on any atom is -0.327 e. The number of hydroxylamine groups is 2. The van der Waals surface area contributed by atoms with Gasteiger partial charge in [-0.1, -0.05) is 13.8 Å². The highest BCUT2D eigenvalue weighted by molar-refractivity contribution is 5.75. The molecule has 1 aliphatic rings. The Balaban J connectivity index is 2.33. The molecule has 1 saturated heterocycles. The van der Waals surface area contributed by atoms with Gasteiger partial charge in [-0.2, -0.15) is 0 Å². The summed E-state index contributed by atoms with van der Waals surface area (Å²) >= 11 is 0. The van der Waals surface area contributed by atoms with Crippen molar-refractivity contribution in [3.63, 3.8) is 0 Å². The molecule has 1 amide bonds. The maximum Gasteiger partial charge on any atom is 0.247 e. The van der Waals surface area contributed by atoms with Crippen LogP contribution in [-0.2, 0) is 9.63 Å². The lowest BCUT2D eigenvalue weighted by Crippen LogP contribution is -2.40. The summed E-state index contributed by atoms with van der Waals surface area (Å²) < 4.78 is 0. The molecule has 1 aliphatic heterocycles. The van der Waals surface area contributed by atoms with Gasteiger partial charge in [-0.05, 0) is 18.8 Å². The third-order valence-electron chi connectivity index (χ3n) is 2.55.